The number of nitrogens with zero attached hydrogens (tertiary/aromatic N) is 2. The predicted octanol–water partition coefficient (Wildman–Crippen LogP) is 1.69. The maximum Gasteiger partial charge on any atom is 0.276 e. The van der Waals surface area contributed by atoms with Gasteiger partial charge in [-0.15, -0.1) is 0 Å². The van der Waals surface area contributed by atoms with Crippen LogP contribution in [0.25, 0.3) is 6.08 Å². The van der Waals surface area contributed by atoms with Crippen molar-refractivity contribution in [2.45, 2.75) is 0 Å². The Morgan fingerprint density at radius 3 is 2.89 bits per heavy atom. The number of hydrogen-bond donors (Lipinski definition) is 2. The molecule has 0 aromatic heterocycles. The first-order valence-electron chi connectivity index (χ1n) is 5.06. The molecule has 1 rings (SSSR count). The van der Waals surface area contributed by atoms with Gasteiger partial charge in [0.2, 0.25) is 0 Å². The van der Waals surface area contributed by atoms with Crippen molar-refractivity contribution in [3.8, 4) is 0 Å². The first kappa shape index (κ1) is 13.8. The molecule has 0 heterocycles. The molecule has 7 heteroatoms. The van der Waals surface area contributed by atoms with Crippen LogP contribution >= 0.6 is 12.2 Å². The molecule has 0 fully saturated rings. The van der Waals surface area contributed by atoms with E-state index in [0.29, 0.717) is 10.7 Å². The van der Waals surface area contributed by atoms with Gasteiger partial charge in [0.25, 0.3) is 5.69 Å². The number of allylic oxidation sites excluding steroid dienone is 1. The monoisotopic (exact) mass is 264 g/mol. The van der Waals surface area contributed by atoms with Crippen molar-refractivity contribution >= 4 is 35.3 Å². The number of benzene rings is 1. The molecule has 0 atom stereocenters. The van der Waals surface area contributed by atoms with E-state index >= 15 is 0 Å². The van der Waals surface area contributed by atoms with Crippen LogP contribution in [-0.4, -0.2) is 23.3 Å². The van der Waals surface area contributed by atoms with E-state index in [-0.39, 0.29) is 5.69 Å². The van der Waals surface area contributed by atoms with Gasteiger partial charge in [-0.3, -0.25) is 15.5 Å². The fourth-order valence-electron chi connectivity index (χ4n) is 1.14. The number of rotatable bonds is 4. The lowest BCUT2D eigenvalue weighted by Gasteiger charge is -1.98. The lowest BCUT2D eigenvalue weighted by atomic mass is 10.2. The van der Waals surface area contributed by atoms with E-state index < -0.39 is 4.92 Å². The average Bonchev–Trinajstić information content (AvgIpc) is 2.38. The molecule has 0 saturated carbocycles. The van der Waals surface area contributed by atoms with Crippen molar-refractivity contribution in [2.75, 3.05) is 7.05 Å². The topological polar surface area (TPSA) is 79.6 Å². The van der Waals surface area contributed by atoms with Crippen molar-refractivity contribution in [3.63, 3.8) is 0 Å². The van der Waals surface area contributed by atoms with Crippen LogP contribution < -0.4 is 10.7 Å². The third kappa shape index (κ3) is 4.30. The second kappa shape index (κ2) is 7.13. The molecule has 1 aromatic rings. The Morgan fingerprint density at radius 1 is 1.50 bits per heavy atom. The van der Waals surface area contributed by atoms with Crippen LogP contribution in [-0.2, 0) is 0 Å². The summed E-state index contributed by atoms with van der Waals surface area (Å²) in [6.45, 7) is 0. The highest BCUT2D eigenvalue weighted by molar-refractivity contribution is 7.80. The molecule has 0 aliphatic carbocycles. The lowest BCUT2D eigenvalue weighted by Crippen LogP contribution is -2.28. The van der Waals surface area contributed by atoms with Crippen LogP contribution in [0, 0.1) is 10.1 Å². The standard InChI is InChI=1S/C11H12N4O2S/c1-12-11(18)14-13-8-4-6-9-5-2-3-7-10(9)15(16)17/h2-8H,1H3,(H2,12,14,18)/b6-4+,13-8-. The molecule has 94 valence electrons. The van der Waals surface area contributed by atoms with Gasteiger partial charge in [-0.2, -0.15) is 5.10 Å². The van der Waals surface area contributed by atoms with Crippen LogP contribution in [0.3, 0.4) is 0 Å². The number of nitro benzene ring substituents is 1. The molecule has 0 aliphatic rings. The summed E-state index contributed by atoms with van der Waals surface area (Å²) in [6, 6.07) is 6.47. The quantitative estimate of drug-likeness (QED) is 0.374. The van der Waals surface area contributed by atoms with Crippen LogP contribution in [0.5, 0.6) is 0 Å². The van der Waals surface area contributed by atoms with Gasteiger partial charge < -0.3 is 5.32 Å². The van der Waals surface area contributed by atoms with Crippen LogP contribution in [0.2, 0.25) is 0 Å². The van der Waals surface area contributed by atoms with Gasteiger partial charge >= 0.3 is 0 Å². The Labute approximate surface area is 110 Å². The minimum atomic E-state index is -0.425. The van der Waals surface area contributed by atoms with Gasteiger partial charge in [0.1, 0.15) is 0 Å². The van der Waals surface area contributed by atoms with Crippen molar-refractivity contribution < 1.29 is 4.92 Å². The fourth-order valence-corrected chi connectivity index (χ4v) is 1.19. The summed E-state index contributed by atoms with van der Waals surface area (Å²) in [5.41, 5.74) is 3.14. The first-order valence-corrected chi connectivity index (χ1v) is 5.47. The van der Waals surface area contributed by atoms with E-state index in [0.717, 1.165) is 0 Å². The second-order valence-electron chi connectivity index (χ2n) is 3.14. The van der Waals surface area contributed by atoms with E-state index in [2.05, 4.69) is 15.8 Å². The van der Waals surface area contributed by atoms with Crippen LogP contribution in [0.1, 0.15) is 5.56 Å². The molecule has 0 saturated heterocycles. The fraction of sp³-hybridized carbons (Fsp3) is 0.0909. The Kier molecular flexibility index (Phi) is 5.46. The molecule has 0 radical (unpaired) electrons. The Hall–Kier alpha value is -2.28. The zero-order valence-electron chi connectivity index (χ0n) is 9.66. The summed E-state index contributed by atoms with van der Waals surface area (Å²) >= 11 is 4.80. The van der Waals surface area contributed by atoms with Crippen molar-refractivity contribution in [3.05, 3.63) is 46.0 Å². The highest BCUT2D eigenvalue weighted by atomic mass is 32.1. The van der Waals surface area contributed by atoms with Crippen molar-refractivity contribution in [1.82, 2.24) is 10.7 Å². The van der Waals surface area contributed by atoms with Gasteiger partial charge in [-0.1, -0.05) is 12.1 Å². The largest absolute Gasteiger partial charge is 0.364 e. The minimum absolute atomic E-state index is 0.0563. The summed E-state index contributed by atoms with van der Waals surface area (Å²) in [4.78, 5) is 10.3. The maximum atomic E-state index is 10.7. The van der Waals surface area contributed by atoms with E-state index in [1.165, 1.54) is 12.3 Å². The molecule has 2 N–H and O–H groups in total. The molecule has 1 aromatic carbocycles. The third-order valence-corrected chi connectivity index (χ3v) is 2.26. The normalized spacial score (nSPS) is 10.7. The zero-order valence-corrected chi connectivity index (χ0v) is 10.5. The van der Waals surface area contributed by atoms with Gasteiger partial charge in [-0.25, -0.2) is 0 Å². The Morgan fingerprint density at radius 2 is 2.22 bits per heavy atom. The Balaban J connectivity index is 2.67. The highest BCUT2D eigenvalue weighted by Crippen LogP contribution is 2.18. The molecule has 0 aliphatic heterocycles. The number of thiocarbonyl (C=S) groups is 1. The third-order valence-electron chi connectivity index (χ3n) is 1.96. The number of nitrogens with one attached hydrogen (secondary N) is 2. The van der Waals surface area contributed by atoms with Gasteiger partial charge in [0, 0.05) is 19.3 Å². The number of hydrazone groups is 1. The molecule has 0 amide bonds. The summed E-state index contributed by atoms with van der Waals surface area (Å²) < 4.78 is 0. The number of hydrogen-bond acceptors (Lipinski definition) is 4. The molecule has 18 heavy (non-hydrogen) atoms. The first-order chi connectivity index (χ1) is 8.65. The molecular weight excluding hydrogens is 252 g/mol. The number of nitro groups is 1. The second-order valence-corrected chi connectivity index (χ2v) is 3.55. The number of para-hydroxylation sites is 1. The van der Waals surface area contributed by atoms with E-state index in [1.807, 2.05) is 0 Å². The van der Waals surface area contributed by atoms with Gasteiger partial charge in [-0.05, 0) is 30.4 Å². The van der Waals surface area contributed by atoms with E-state index in [4.69, 9.17) is 12.2 Å². The predicted molar refractivity (Wildman–Crippen MR) is 75.4 cm³/mol. The molecular formula is C11H12N4O2S. The highest BCUT2D eigenvalue weighted by Gasteiger charge is 2.08. The molecule has 6 nitrogen and oxygen atoms in total. The summed E-state index contributed by atoms with van der Waals surface area (Å²) in [7, 11) is 1.67. The maximum absolute atomic E-state index is 10.7. The van der Waals surface area contributed by atoms with Gasteiger partial charge in [0.05, 0.1) is 10.5 Å². The summed E-state index contributed by atoms with van der Waals surface area (Å²) in [5, 5.41) is 17.6. The van der Waals surface area contributed by atoms with Crippen molar-refractivity contribution in [2.24, 2.45) is 5.10 Å². The molecule has 0 bridgehead atoms. The van der Waals surface area contributed by atoms with E-state index in [1.54, 1.807) is 37.4 Å². The van der Waals surface area contributed by atoms with E-state index in [9.17, 15) is 10.1 Å². The molecule has 0 spiro atoms. The van der Waals surface area contributed by atoms with Gasteiger partial charge in [0.15, 0.2) is 5.11 Å². The average molecular weight is 264 g/mol. The summed E-state index contributed by atoms with van der Waals surface area (Å²) in [6.07, 6.45) is 4.65. The van der Waals surface area contributed by atoms with Crippen LogP contribution in [0.4, 0.5) is 5.69 Å². The lowest BCUT2D eigenvalue weighted by molar-refractivity contribution is -0.385. The zero-order chi connectivity index (χ0) is 13.4. The smallest absolute Gasteiger partial charge is 0.276 e. The minimum Gasteiger partial charge on any atom is -0.364 e. The summed E-state index contributed by atoms with van der Waals surface area (Å²) in [5.74, 6) is 0. The SMILES string of the molecule is CNC(=S)N/N=C\C=C\c1ccccc1[N+](=O)[O-]. The molecule has 0 unspecified atom stereocenters. The van der Waals surface area contributed by atoms with Crippen LogP contribution in [0.15, 0.2) is 35.4 Å². The van der Waals surface area contributed by atoms with Crippen molar-refractivity contribution in [1.29, 1.82) is 0 Å². The Bertz CT molecular complexity index is 500.